The fourth-order valence-electron chi connectivity index (χ4n) is 7.72. The number of carbonyl (C=O) groups is 4. The summed E-state index contributed by atoms with van der Waals surface area (Å²) in [5, 5.41) is 13.6. The van der Waals surface area contributed by atoms with E-state index in [1.54, 1.807) is 24.0 Å². The second kappa shape index (κ2) is 14.7. The smallest absolute Gasteiger partial charge is 0.313 e. The van der Waals surface area contributed by atoms with E-state index in [0.717, 1.165) is 0 Å². The minimum Gasteiger partial charge on any atom is -0.455 e. The number of nitrogens with one attached hydrogen (secondary N) is 1. The molecule has 1 aromatic carbocycles. The number of carbonyl (C=O) groups excluding carboxylic acids is 4. The molecule has 47 heavy (non-hydrogen) atoms. The summed E-state index contributed by atoms with van der Waals surface area (Å²) in [7, 11) is 0. The van der Waals surface area contributed by atoms with Gasteiger partial charge >= 0.3 is 5.97 Å². The Morgan fingerprint density at radius 2 is 1.87 bits per heavy atom. The van der Waals surface area contributed by atoms with E-state index in [-0.39, 0.29) is 43.2 Å². The number of nitrogens with zero attached hydrogens (tertiary/aromatic N) is 2. The fraction of sp³-hybridized carbons (Fsp3) is 0.622. The maximum atomic E-state index is 14.7. The molecule has 10 nitrogen and oxygen atoms in total. The Hall–Kier alpha value is -3.50. The molecular formula is C37H53N3O7. The van der Waals surface area contributed by atoms with Crippen molar-refractivity contribution in [3.8, 4) is 0 Å². The van der Waals surface area contributed by atoms with Crippen LogP contribution >= 0.6 is 0 Å². The molecule has 0 aliphatic carbocycles. The number of esters is 1. The van der Waals surface area contributed by atoms with E-state index in [2.05, 4.69) is 18.5 Å². The van der Waals surface area contributed by atoms with Crippen LogP contribution in [0.4, 0.5) is 0 Å². The van der Waals surface area contributed by atoms with Gasteiger partial charge in [-0.3, -0.25) is 19.2 Å². The number of likely N-dealkylation sites (tertiary alicyclic amines) is 1. The molecule has 4 rings (SSSR count). The maximum Gasteiger partial charge on any atom is 0.313 e. The van der Waals surface area contributed by atoms with Gasteiger partial charge in [0.1, 0.15) is 17.7 Å². The predicted octanol–water partition coefficient (Wildman–Crippen LogP) is 4.34. The molecule has 3 fully saturated rings. The van der Waals surface area contributed by atoms with E-state index >= 15 is 0 Å². The third kappa shape index (κ3) is 6.90. The van der Waals surface area contributed by atoms with E-state index in [4.69, 9.17) is 9.47 Å². The van der Waals surface area contributed by atoms with E-state index in [1.807, 2.05) is 65.0 Å². The van der Waals surface area contributed by atoms with Crippen LogP contribution in [-0.2, 0) is 28.7 Å². The van der Waals surface area contributed by atoms with Gasteiger partial charge in [-0.2, -0.15) is 0 Å². The van der Waals surface area contributed by atoms with Gasteiger partial charge in [-0.1, -0.05) is 62.8 Å². The third-order valence-corrected chi connectivity index (χ3v) is 10.3. The zero-order valence-corrected chi connectivity index (χ0v) is 28.8. The Kier molecular flexibility index (Phi) is 11.4. The lowest BCUT2D eigenvalue weighted by Crippen LogP contribution is -2.62. The first-order chi connectivity index (χ1) is 22.3. The molecule has 2 N–H and O–H groups in total. The lowest BCUT2D eigenvalue weighted by atomic mass is 9.70. The van der Waals surface area contributed by atoms with Crippen molar-refractivity contribution in [3.05, 3.63) is 61.2 Å². The second-order valence-electron chi connectivity index (χ2n) is 14.3. The van der Waals surface area contributed by atoms with E-state index in [9.17, 15) is 24.3 Å². The highest BCUT2D eigenvalue weighted by Crippen LogP contribution is 2.59. The number of amides is 3. The summed E-state index contributed by atoms with van der Waals surface area (Å²) in [5.74, 6) is -3.49. The van der Waals surface area contributed by atoms with Gasteiger partial charge in [0.25, 0.3) is 0 Å². The first-order valence-corrected chi connectivity index (χ1v) is 17.0. The molecule has 3 aliphatic rings. The van der Waals surface area contributed by atoms with Crippen molar-refractivity contribution >= 4 is 23.7 Å². The van der Waals surface area contributed by atoms with Gasteiger partial charge in [0.05, 0.1) is 36.6 Å². The molecular weight excluding hydrogens is 598 g/mol. The minimum atomic E-state index is -1.25. The van der Waals surface area contributed by atoms with Crippen molar-refractivity contribution in [1.29, 1.82) is 0 Å². The average Bonchev–Trinajstić information content (AvgIpc) is 3.68. The highest BCUT2D eigenvalue weighted by atomic mass is 16.6. The molecule has 3 aliphatic heterocycles. The quantitative estimate of drug-likeness (QED) is 0.214. The topological polar surface area (TPSA) is 125 Å². The van der Waals surface area contributed by atoms with Crippen LogP contribution in [0.25, 0.3) is 0 Å². The van der Waals surface area contributed by atoms with Crippen molar-refractivity contribution < 1.29 is 33.8 Å². The van der Waals surface area contributed by atoms with Crippen LogP contribution in [0.2, 0.25) is 0 Å². The van der Waals surface area contributed by atoms with E-state index in [0.29, 0.717) is 31.2 Å². The Bertz CT molecular complexity index is 1330. The number of ether oxygens (including phenoxy) is 2. The van der Waals surface area contributed by atoms with E-state index in [1.165, 1.54) is 4.90 Å². The van der Waals surface area contributed by atoms with Crippen LogP contribution in [0, 0.1) is 17.8 Å². The summed E-state index contributed by atoms with van der Waals surface area (Å²) in [4.78, 5) is 59.5. The molecule has 0 unspecified atom stereocenters. The molecule has 0 saturated carbocycles. The average molecular weight is 652 g/mol. The molecule has 9 atom stereocenters. The zero-order chi connectivity index (χ0) is 34.7. The number of benzene rings is 1. The molecule has 3 heterocycles. The summed E-state index contributed by atoms with van der Waals surface area (Å²) in [5.41, 5.74) is -1.14. The number of hydrogen-bond donors (Lipinski definition) is 2. The standard InChI is InChI=1S/C37H53N3O7/c1-9-12-18-28(42)38-24(5)31(25-16-14-13-15-17-25)46-35(45)29-27-19-20-37(47-27)30(29)33(43)40(26(22-41)23(4)11-3)32(37)34(44)39(21-10-2)36(6,7)8/h9-10,13-17,23-24,26-27,29-32,41H,1-2,11-12,18-22H2,3-8H3,(H,38,42)/t23-,24+,26-,27+,29-,30-,31+,32+,37-/m0/s1. The lowest BCUT2D eigenvalue weighted by Gasteiger charge is -2.44. The highest BCUT2D eigenvalue weighted by molar-refractivity contribution is 5.98. The van der Waals surface area contributed by atoms with Crippen LogP contribution in [0.15, 0.2) is 55.6 Å². The largest absolute Gasteiger partial charge is 0.455 e. The van der Waals surface area contributed by atoms with Crippen LogP contribution in [0.3, 0.4) is 0 Å². The van der Waals surface area contributed by atoms with Gasteiger partial charge < -0.3 is 29.7 Å². The van der Waals surface area contributed by atoms with Gasteiger partial charge in [-0.05, 0) is 58.4 Å². The predicted molar refractivity (Wildman–Crippen MR) is 179 cm³/mol. The summed E-state index contributed by atoms with van der Waals surface area (Å²) in [6, 6.07) is 6.95. The Labute approximate surface area is 279 Å². The van der Waals surface area contributed by atoms with Crippen LogP contribution in [-0.4, -0.2) is 87.1 Å². The van der Waals surface area contributed by atoms with Crippen LogP contribution < -0.4 is 5.32 Å². The summed E-state index contributed by atoms with van der Waals surface area (Å²) < 4.78 is 12.9. The van der Waals surface area contributed by atoms with Crippen LogP contribution in [0.1, 0.15) is 85.3 Å². The molecule has 1 spiro atoms. The molecule has 2 bridgehead atoms. The van der Waals surface area contributed by atoms with Crippen LogP contribution in [0.5, 0.6) is 0 Å². The normalized spacial score (nSPS) is 27.4. The Morgan fingerprint density at radius 3 is 2.45 bits per heavy atom. The van der Waals surface area contributed by atoms with E-state index < -0.39 is 59.3 Å². The van der Waals surface area contributed by atoms with Gasteiger partial charge in [0, 0.05) is 18.5 Å². The minimum absolute atomic E-state index is 0.118. The van der Waals surface area contributed by atoms with Crippen molar-refractivity contribution in [3.63, 3.8) is 0 Å². The third-order valence-electron chi connectivity index (χ3n) is 10.3. The molecule has 10 heteroatoms. The first kappa shape index (κ1) is 36.3. The number of hydrogen-bond acceptors (Lipinski definition) is 7. The lowest BCUT2D eigenvalue weighted by molar-refractivity contribution is -0.163. The summed E-state index contributed by atoms with van der Waals surface area (Å²) in [6.45, 7) is 19.0. The number of aliphatic hydroxyl groups excluding tert-OH is 1. The van der Waals surface area contributed by atoms with Crippen molar-refractivity contribution in [2.75, 3.05) is 13.2 Å². The number of allylic oxidation sites excluding steroid dienone is 1. The van der Waals surface area contributed by atoms with Gasteiger partial charge in [-0.25, -0.2) is 0 Å². The number of rotatable bonds is 15. The van der Waals surface area contributed by atoms with Crippen molar-refractivity contribution in [1.82, 2.24) is 15.1 Å². The molecule has 1 aromatic rings. The van der Waals surface area contributed by atoms with Gasteiger partial charge in [-0.15, -0.1) is 13.2 Å². The molecule has 0 aromatic heterocycles. The number of fused-ring (bicyclic) bond motifs is 1. The number of aliphatic hydroxyl groups is 1. The summed E-state index contributed by atoms with van der Waals surface area (Å²) >= 11 is 0. The van der Waals surface area contributed by atoms with Crippen molar-refractivity contribution in [2.24, 2.45) is 17.8 Å². The molecule has 3 saturated heterocycles. The zero-order valence-electron chi connectivity index (χ0n) is 28.8. The molecule has 3 amide bonds. The molecule has 0 radical (unpaired) electrons. The van der Waals surface area contributed by atoms with Crippen molar-refractivity contribution in [2.45, 2.75) is 115 Å². The SMILES string of the molecule is C=CCCC(=O)N[C@H](C)[C@@H](OC(=O)[C@@H]1[C@H]2C(=O)N([C@@H](CO)[C@@H](C)CC)[C@H](C(=O)N(CC=C)C(C)(C)C)[C@]23CC[C@H]1O3)c1ccccc1. The summed E-state index contributed by atoms with van der Waals surface area (Å²) in [6.07, 6.45) is 4.24. The monoisotopic (exact) mass is 651 g/mol. The Morgan fingerprint density at radius 1 is 1.19 bits per heavy atom. The van der Waals surface area contributed by atoms with Gasteiger partial charge in [0.2, 0.25) is 17.7 Å². The highest BCUT2D eigenvalue weighted by Gasteiger charge is 2.76. The molecule has 258 valence electrons. The fourth-order valence-corrected chi connectivity index (χ4v) is 7.72. The maximum absolute atomic E-state index is 14.7. The second-order valence-corrected chi connectivity index (χ2v) is 14.3. The Balaban J connectivity index is 1.73. The van der Waals surface area contributed by atoms with Gasteiger partial charge in [0.15, 0.2) is 0 Å². The first-order valence-electron chi connectivity index (χ1n) is 17.0.